The maximum Gasteiger partial charge on any atom is 0.315 e. The lowest BCUT2D eigenvalue weighted by Crippen LogP contribution is -2.60. The molecule has 16 heavy (non-hydrogen) atoms. The molecule has 2 N–H and O–H groups in total. The lowest BCUT2D eigenvalue weighted by Gasteiger charge is -2.34. The van der Waals surface area contributed by atoms with Gasteiger partial charge in [-0.05, 0) is 6.92 Å². The largest absolute Gasteiger partial charge is 0.355 e. The van der Waals surface area contributed by atoms with Gasteiger partial charge in [-0.25, -0.2) is 0 Å². The van der Waals surface area contributed by atoms with Crippen LogP contribution in [0, 0.1) is 0 Å². The van der Waals surface area contributed by atoms with Crippen molar-refractivity contribution in [1.82, 2.24) is 15.5 Å². The molecule has 7 heteroatoms. The first kappa shape index (κ1) is 12.8. The van der Waals surface area contributed by atoms with E-state index in [1.165, 1.54) is 0 Å². The SMILES string of the molecule is CCNC(=O)C1CNCCN1C(=O)C(F)F. The van der Waals surface area contributed by atoms with Gasteiger partial charge in [-0.3, -0.25) is 9.59 Å². The van der Waals surface area contributed by atoms with Gasteiger partial charge in [0.15, 0.2) is 0 Å². The molecule has 92 valence electrons. The van der Waals surface area contributed by atoms with Crippen molar-refractivity contribution in [3.05, 3.63) is 0 Å². The lowest BCUT2D eigenvalue weighted by atomic mass is 10.1. The topological polar surface area (TPSA) is 61.4 Å². The molecule has 1 aliphatic heterocycles. The monoisotopic (exact) mass is 235 g/mol. The first-order valence-electron chi connectivity index (χ1n) is 5.15. The summed E-state index contributed by atoms with van der Waals surface area (Å²) in [6.07, 6.45) is -3.06. The summed E-state index contributed by atoms with van der Waals surface area (Å²) in [5.41, 5.74) is 0. The predicted molar refractivity (Wildman–Crippen MR) is 53.1 cm³/mol. The Bertz CT molecular complexity index is 273. The number of alkyl halides is 2. The molecule has 0 bridgehead atoms. The smallest absolute Gasteiger partial charge is 0.315 e. The predicted octanol–water partition coefficient (Wildman–Crippen LogP) is -0.812. The van der Waals surface area contributed by atoms with E-state index in [0.29, 0.717) is 13.1 Å². The fourth-order valence-corrected chi connectivity index (χ4v) is 1.62. The zero-order valence-corrected chi connectivity index (χ0v) is 9.00. The Labute approximate surface area is 92.2 Å². The Balaban J connectivity index is 2.71. The second kappa shape index (κ2) is 5.74. The van der Waals surface area contributed by atoms with Gasteiger partial charge in [-0.1, -0.05) is 0 Å². The Kier molecular flexibility index (Phi) is 4.60. The van der Waals surface area contributed by atoms with Gasteiger partial charge in [0.25, 0.3) is 5.91 Å². The maximum atomic E-state index is 12.3. The van der Waals surface area contributed by atoms with Gasteiger partial charge in [0.2, 0.25) is 5.91 Å². The number of halogens is 2. The number of nitrogens with one attached hydrogen (secondary N) is 2. The van der Waals surface area contributed by atoms with Crippen LogP contribution in [-0.4, -0.2) is 55.4 Å². The van der Waals surface area contributed by atoms with Crippen LogP contribution < -0.4 is 10.6 Å². The number of likely N-dealkylation sites (N-methyl/N-ethyl adjacent to an activating group) is 1. The summed E-state index contributed by atoms with van der Waals surface area (Å²) in [6, 6.07) is -0.838. The van der Waals surface area contributed by atoms with Gasteiger partial charge >= 0.3 is 6.43 Å². The van der Waals surface area contributed by atoms with Crippen LogP contribution in [0.4, 0.5) is 8.78 Å². The van der Waals surface area contributed by atoms with Crippen molar-refractivity contribution >= 4 is 11.8 Å². The Morgan fingerprint density at radius 1 is 1.56 bits per heavy atom. The Morgan fingerprint density at radius 2 is 2.25 bits per heavy atom. The molecule has 1 aliphatic rings. The number of nitrogens with zero attached hydrogens (tertiary/aromatic N) is 1. The quantitative estimate of drug-likeness (QED) is 0.672. The molecule has 0 aromatic heterocycles. The van der Waals surface area contributed by atoms with Crippen molar-refractivity contribution in [3.8, 4) is 0 Å². The molecule has 1 atom stereocenters. The molecule has 1 rings (SSSR count). The minimum atomic E-state index is -3.06. The van der Waals surface area contributed by atoms with Gasteiger partial charge in [0.1, 0.15) is 6.04 Å². The van der Waals surface area contributed by atoms with Crippen molar-refractivity contribution in [2.24, 2.45) is 0 Å². The number of carbonyl (C=O) groups excluding carboxylic acids is 2. The molecule has 0 aromatic carbocycles. The van der Waals surface area contributed by atoms with Gasteiger partial charge in [-0.2, -0.15) is 8.78 Å². The molecule has 0 aromatic rings. The molecular weight excluding hydrogens is 220 g/mol. The Morgan fingerprint density at radius 3 is 2.81 bits per heavy atom. The average Bonchev–Trinajstić information content (AvgIpc) is 2.28. The highest BCUT2D eigenvalue weighted by Gasteiger charge is 2.35. The molecule has 1 heterocycles. The van der Waals surface area contributed by atoms with Gasteiger partial charge < -0.3 is 15.5 Å². The van der Waals surface area contributed by atoms with Crippen molar-refractivity contribution in [1.29, 1.82) is 0 Å². The molecule has 0 spiro atoms. The van der Waals surface area contributed by atoms with Gasteiger partial charge in [0, 0.05) is 26.2 Å². The minimum Gasteiger partial charge on any atom is -0.355 e. The summed E-state index contributed by atoms with van der Waals surface area (Å²) in [5, 5.41) is 5.42. The maximum absolute atomic E-state index is 12.3. The standard InChI is InChI=1S/C9H15F2N3O2/c1-2-13-8(15)6-5-12-3-4-14(6)9(16)7(10)11/h6-7,12H,2-5H2,1H3,(H,13,15). The summed E-state index contributed by atoms with van der Waals surface area (Å²) in [4.78, 5) is 23.7. The highest BCUT2D eigenvalue weighted by molar-refractivity contribution is 5.89. The number of hydrogen-bond donors (Lipinski definition) is 2. The first-order valence-corrected chi connectivity index (χ1v) is 5.15. The van der Waals surface area contributed by atoms with Crippen molar-refractivity contribution in [3.63, 3.8) is 0 Å². The summed E-state index contributed by atoms with van der Waals surface area (Å²) in [6.45, 7) is 2.91. The second-order valence-corrected chi connectivity index (χ2v) is 3.45. The molecule has 1 saturated heterocycles. The van der Waals surface area contributed by atoms with Crippen molar-refractivity contribution in [2.45, 2.75) is 19.4 Å². The zero-order chi connectivity index (χ0) is 12.1. The van der Waals surface area contributed by atoms with E-state index in [1.807, 2.05) is 0 Å². The molecule has 1 unspecified atom stereocenters. The summed E-state index contributed by atoms with van der Waals surface area (Å²) >= 11 is 0. The minimum absolute atomic E-state index is 0.130. The van der Waals surface area contributed by atoms with Crippen LogP contribution in [0.25, 0.3) is 0 Å². The Hall–Kier alpha value is -1.24. The van der Waals surface area contributed by atoms with Crippen LogP contribution in [-0.2, 0) is 9.59 Å². The number of hydrogen-bond acceptors (Lipinski definition) is 3. The molecule has 0 saturated carbocycles. The van der Waals surface area contributed by atoms with E-state index >= 15 is 0 Å². The third-order valence-corrected chi connectivity index (χ3v) is 2.37. The lowest BCUT2D eigenvalue weighted by molar-refractivity contribution is -0.150. The van der Waals surface area contributed by atoms with E-state index < -0.39 is 24.3 Å². The van der Waals surface area contributed by atoms with E-state index in [0.717, 1.165) is 4.90 Å². The van der Waals surface area contributed by atoms with Gasteiger partial charge in [-0.15, -0.1) is 0 Å². The van der Waals surface area contributed by atoms with Crippen LogP contribution in [0.2, 0.25) is 0 Å². The van der Waals surface area contributed by atoms with E-state index in [1.54, 1.807) is 6.92 Å². The number of rotatable bonds is 3. The first-order chi connectivity index (χ1) is 7.57. The van der Waals surface area contributed by atoms with E-state index in [4.69, 9.17) is 0 Å². The van der Waals surface area contributed by atoms with Crippen LogP contribution in [0.5, 0.6) is 0 Å². The molecule has 0 radical (unpaired) electrons. The van der Waals surface area contributed by atoms with Crippen molar-refractivity contribution in [2.75, 3.05) is 26.2 Å². The van der Waals surface area contributed by atoms with Crippen LogP contribution in [0.1, 0.15) is 6.92 Å². The molecule has 0 aliphatic carbocycles. The number of piperazine rings is 1. The fraction of sp³-hybridized carbons (Fsp3) is 0.778. The zero-order valence-electron chi connectivity index (χ0n) is 9.00. The average molecular weight is 235 g/mol. The van der Waals surface area contributed by atoms with E-state index in [9.17, 15) is 18.4 Å². The normalized spacial score (nSPS) is 21.0. The number of amides is 2. The third-order valence-electron chi connectivity index (χ3n) is 2.37. The second-order valence-electron chi connectivity index (χ2n) is 3.45. The molecule has 1 fully saturated rings. The fourth-order valence-electron chi connectivity index (χ4n) is 1.62. The van der Waals surface area contributed by atoms with Crippen molar-refractivity contribution < 1.29 is 18.4 Å². The molecule has 2 amide bonds. The third kappa shape index (κ3) is 2.88. The summed E-state index contributed by atoms with van der Waals surface area (Å²) < 4.78 is 24.6. The summed E-state index contributed by atoms with van der Waals surface area (Å²) in [5.74, 6) is -1.68. The highest BCUT2D eigenvalue weighted by Crippen LogP contribution is 2.08. The molecular formula is C9H15F2N3O2. The van der Waals surface area contributed by atoms with E-state index in [-0.39, 0.29) is 13.1 Å². The van der Waals surface area contributed by atoms with E-state index in [2.05, 4.69) is 10.6 Å². The summed E-state index contributed by atoms with van der Waals surface area (Å²) in [7, 11) is 0. The van der Waals surface area contributed by atoms with Crippen LogP contribution in [0.15, 0.2) is 0 Å². The van der Waals surface area contributed by atoms with Crippen LogP contribution >= 0.6 is 0 Å². The number of carbonyl (C=O) groups is 2. The highest BCUT2D eigenvalue weighted by atomic mass is 19.3. The van der Waals surface area contributed by atoms with Crippen LogP contribution in [0.3, 0.4) is 0 Å². The molecule has 5 nitrogen and oxygen atoms in total. The van der Waals surface area contributed by atoms with Gasteiger partial charge in [0.05, 0.1) is 0 Å².